The first-order chi connectivity index (χ1) is 12.1. The van der Waals surface area contributed by atoms with Crippen LogP contribution in [-0.2, 0) is 6.42 Å². The first kappa shape index (κ1) is 16.6. The van der Waals surface area contributed by atoms with E-state index in [0.29, 0.717) is 11.5 Å². The van der Waals surface area contributed by atoms with Crippen LogP contribution in [0, 0.1) is 5.82 Å². The van der Waals surface area contributed by atoms with E-state index in [0.717, 1.165) is 12.1 Å². The molecule has 6 heteroatoms. The molecule has 0 saturated carbocycles. The van der Waals surface area contributed by atoms with E-state index in [1.54, 1.807) is 0 Å². The Hall–Kier alpha value is -3.28. The first-order valence-electron chi connectivity index (χ1n) is 7.89. The van der Waals surface area contributed by atoms with Crippen molar-refractivity contribution in [2.45, 2.75) is 13.3 Å². The van der Waals surface area contributed by atoms with Gasteiger partial charge in [-0.05, 0) is 48.4 Å². The predicted octanol–water partition coefficient (Wildman–Crippen LogP) is 4.17. The molecule has 0 aliphatic carbocycles. The van der Waals surface area contributed by atoms with E-state index in [4.69, 9.17) is 0 Å². The normalized spacial score (nSPS) is 10.3. The molecule has 2 aromatic carbocycles. The highest BCUT2D eigenvalue weighted by atomic mass is 19.1. The number of carbonyl (C=O) groups is 1. The van der Waals surface area contributed by atoms with E-state index < -0.39 is 5.91 Å². The maximum atomic E-state index is 12.9. The summed E-state index contributed by atoms with van der Waals surface area (Å²) in [5.41, 5.74) is 2.82. The van der Waals surface area contributed by atoms with Crippen molar-refractivity contribution in [3.63, 3.8) is 0 Å². The standard InChI is InChI=1S/C19H17FN4O/c1-2-13-3-7-15(8-4-13)23-18-12-21-17(11-22-18)19(25)24-16-9-5-14(20)6-10-16/h3-12H,2H2,1H3,(H,22,23)(H,24,25). The van der Waals surface area contributed by atoms with Crippen molar-refractivity contribution in [1.82, 2.24) is 9.97 Å². The van der Waals surface area contributed by atoms with Crippen molar-refractivity contribution in [2.75, 3.05) is 10.6 Å². The predicted molar refractivity (Wildman–Crippen MR) is 95.5 cm³/mol. The Morgan fingerprint density at radius 3 is 2.24 bits per heavy atom. The van der Waals surface area contributed by atoms with E-state index in [1.807, 2.05) is 24.3 Å². The second-order valence-electron chi connectivity index (χ2n) is 5.42. The van der Waals surface area contributed by atoms with Gasteiger partial charge < -0.3 is 10.6 Å². The van der Waals surface area contributed by atoms with Gasteiger partial charge in [-0.1, -0.05) is 19.1 Å². The van der Waals surface area contributed by atoms with Crippen molar-refractivity contribution in [3.8, 4) is 0 Å². The lowest BCUT2D eigenvalue weighted by atomic mass is 10.1. The highest BCUT2D eigenvalue weighted by Crippen LogP contribution is 2.15. The Kier molecular flexibility index (Phi) is 4.99. The fraction of sp³-hybridized carbons (Fsp3) is 0.105. The Morgan fingerprint density at radius 2 is 1.64 bits per heavy atom. The van der Waals surface area contributed by atoms with Crippen LogP contribution in [0.3, 0.4) is 0 Å². The maximum Gasteiger partial charge on any atom is 0.275 e. The number of anilines is 3. The summed E-state index contributed by atoms with van der Waals surface area (Å²) >= 11 is 0. The quantitative estimate of drug-likeness (QED) is 0.734. The molecule has 25 heavy (non-hydrogen) atoms. The number of amides is 1. The number of halogens is 1. The summed E-state index contributed by atoms with van der Waals surface area (Å²) in [6.45, 7) is 2.10. The van der Waals surface area contributed by atoms with Crippen molar-refractivity contribution < 1.29 is 9.18 Å². The van der Waals surface area contributed by atoms with Crippen LogP contribution in [0.2, 0.25) is 0 Å². The number of nitrogens with one attached hydrogen (secondary N) is 2. The molecule has 0 fully saturated rings. The van der Waals surface area contributed by atoms with Crippen LogP contribution in [0.1, 0.15) is 23.0 Å². The van der Waals surface area contributed by atoms with Crippen LogP contribution in [0.4, 0.5) is 21.6 Å². The summed E-state index contributed by atoms with van der Waals surface area (Å²) in [4.78, 5) is 20.4. The number of nitrogens with zero attached hydrogens (tertiary/aromatic N) is 2. The van der Waals surface area contributed by atoms with Crippen molar-refractivity contribution in [2.24, 2.45) is 0 Å². The third-order valence-corrected chi connectivity index (χ3v) is 3.62. The minimum atomic E-state index is -0.405. The molecule has 0 unspecified atom stereocenters. The minimum Gasteiger partial charge on any atom is -0.339 e. The van der Waals surface area contributed by atoms with E-state index >= 15 is 0 Å². The number of aryl methyl sites for hydroxylation is 1. The van der Waals surface area contributed by atoms with E-state index in [9.17, 15) is 9.18 Å². The average Bonchev–Trinajstić information content (AvgIpc) is 2.65. The van der Waals surface area contributed by atoms with Gasteiger partial charge in [0.05, 0.1) is 12.4 Å². The molecule has 3 aromatic rings. The summed E-state index contributed by atoms with van der Waals surface area (Å²) in [5.74, 6) is -0.222. The largest absolute Gasteiger partial charge is 0.339 e. The zero-order chi connectivity index (χ0) is 17.6. The fourth-order valence-electron chi connectivity index (χ4n) is 2.21. The molecule has 0 bridgehead atoms. The monoisotopic (exact) mass is 336 g/mol. The second kappa shape index (κ2) is 7.53. The van der Waals surface area contributed by atoms with E-state index in [-0.39, 0.29) is 11.5 Å². The van der Waals surface area contributed by atoms with Crippen LogP contribution in [-0.4, -0.2) is 15.9 Å². The van der Waals surface area contributed by atoms with Gasteiger partial charge in [0.25, 0.3) is 5.91 Å². The summed E-state index contributed by atoms with van der Waals surface area (Å²) in [7, 11) is 0. The third-order valence-electron chi connectivity index (χ3n) is 3.62. The topological polar surface area (TPSA) is 66.9 Å². The molecule has 0 aliphatic heterocycles. The van der Waals surface area contributed by atoms with Crippen LogP contribution >= 0.6 is 0 Å². The van der Waals surface area contributed by atoms with Crippen molar-refractivity contribution in [3.05, 3.63) is 78.0 Å². The number of benzene rings is 2. The van der Waals surface area contributed by atoms with Gasteiger partial charge in [-0.3, -0.25) is 4.79 Å². The van der Waals surface area contributed by atoms with E-state index in [1.165, 1.54) is 42.2 Å². The van der Waals surface area contributed by atoms with Crippen LogP contribution in [0.25, 0.3) is 0 Å². The van der Waals surface area contributed by atoms with Gasteiger partial charge in [0, 0.05) is 11.4 Å². The van der Waals surface area contributed by atoms with Gasteiger partial charge in [0.15, 0.2) is 0 Å². The number of aromatic nitrogens is 2. The van der Waals surface area contributed by atoms with Gasteiger partial charge in [-0.15, -0.1) is 0 Å². The molecule has 2 N–H and O–H groups in total. The zero-order valence-electron chi connectivity index (χ0n) is 13.7. The second-order valence-corrected chi connectivity index (χ2v) is 5.42. The SMILES string of the molecule is CCc1ccc(Nc2cnc(C(=O)Nc3ccc(F)cc3)cn2)cc1. The molecule has 0 radical (unpaired) electrons. The Morgan fingerprint density at radius 1 is 0.960 bits per heavy atom. The molecule has 0 atom stereocenters. The maximum absolute atomic E-state index is 12.9. The van der Waals surface area contributed by atoms with Crippen LogP contribution in [0.15, 0.2) is 60.9 Å². The molecule has 3 rings (SSSR count). The molecule has 1 heterocycles. The molecule has 5 nitrogen and oxygen atoms in total. The minimum absolute atomic E-state index is 0.177. The molecule has 1 aromatic heterocycles. The lowest BCUT2D eigenvalue weighted by molar-refractivity contribution is 0.102. The van der Waals surface area contributed by atoms with E-state index in [2.05, 4.69) is 27.5 Å². The van der Waals surface area contributed by atoms with Gasteiger partial charge >= 0.3 is 0 Å². The fourth-order valence-corrected chi connectivity index (χ4v) is 2.21. The number of rotatable bonds is 5. The third kappa shape index (κ3) is 4.38. The van der Waals surface area contributed by atoms with Gasteiger partial charge in [-0.25, -0.2) is 14.4 Å². The first-order valence-corrected chi connectivity index (χ1v) is 7.89. The van der Waals surface area contributed by atoms with Crippen LogP contribution in [0.5, 0.6) is 0 Å². The van der Waals surface area contributed by atoms with Gasteiger partial charge in [-0.2, -0.15) is 0 Å². The summed E-state index contributed by atoms with van der Waals surface area (Å²) in [6, 6.07) is 13.5. The lowest BCUT2D eigenvalue weighted by Gasteiger charge is -2.07. The Bertz CT molecular complexity index is 846. The highest BCUT2D eigenvalue weighted by Gasteiger charge is 2.09. The van der Waals surface area contributed by atoms with Crippen molar-refractivity contribution >= 4 is 23.1 Å². The smallest absolute Gasteiger partial charge is 0.275 e. The Balaban J connectivity index is 1.64. The Labute approximate surface area is 145 Å². The molecule has 126 valence electrons. The molecular formula is C19H17FN4O. The van der Waals surface area contributed by atoms with Crippen molar-refractivity contribution in [1.29, 1.82) is 0 Å². The average molecular weight is 336 g/mol. The molecule has 0 aliphatic rings. The lowest BCUT2D eigenvalue weighted by Crippen LogP contribution is -2.14. The van der Waals surface area contributed by atoms with Gasteiger partial charge in [0.1, 0.15) is 17.3 Å². The summed E-state index contributed by atoms with van der Waals surface area (Å²) in [5, 5.41) is 5.77. The number of hydrogen-bond donors (Lipinski definition) is 2. The number of carbonyl (C=O) groups excluding carboxylic acids is 1. The highest BCUT2D eigenvalue weighted by molar-refractivity contribution is 6.02. The van der Waals surface area contributed by atoms with Crippen LogP contribution < -0.4 is 10.6 Å². The molecule has 1 amide bonds. The molecular weight excluding hydrogens is 319 g/mol. The van der Waals surface area contributed by atoms with Gasteiger partial charge in [0.2, 0.25) is 0 Å². The molecule has 0 spiro atoms. The number of hydrogen-bond acceptors (Lipinski definition) is 4. The molecule has 0 saturated heterocycles. The summed E-state index contributed by atoms with van der Waals surface area (Å²) < 4.78 is 12.9. The summed E-state index contributed by atoms with van der Waals surface area (Å²) in [6.07, 6.45) is 3.87. The zero-order valence-corrected chi connectivity index (χ0v) is 13.7.